The van der Waals surface area contributed by atoms with Gasteiger partial charge in [0.1, 0.15) is 0 Å². The first-order valence-electron chi connectivity index (χ1n) is 9.92. The summed E-state index contributed by atoms with van der Waals surface area (Å²) in [4.78, 5) is 15.4. The second-order valence-corrected chi connectivity index (χ2v) is 10.7. The maximum atomic E-state index is 13.1. The van der Waals surface area contributed by atoms with Gasteiger partial charge < -0.3 is 4.90 Å². The average Bonchev–Trinajstić information content (AvgIpc) is 2.97. The van der Waals surface area contributed by atoms with Crippen molar-refractivity contribution in [1.82, 2.24) is 4.90 Å². The fourth-order valence-corrected chi connectivity index (χ4v) is 6.47. The summed E-state index contributed by atoms with van der Waals surface area (Å²) >= 11 is 1.91. The standard InChI is InChI=1S/C22H26N2O3S2/c1-15-4-3-5-21(12-15)29(26,27)23-17-8-6-16(7-9-17)22(25)24-18-10-11-19(24)14-20(13-18)28-2/h3-9,12,18-20,23H,10-11,13-14H2,1-2H3. The molecule has 2 unspecified atom stereocenters. The van der Waals surface area contributed by atoms with Gasteiger partial charge in [-0.05, 0) is 80.8 Å². The molecule has 4 rings (SSSR count). The van der Waals surface area contributed by atoms with E-state index in [-0.39, 0.29) is 10.8 Å². The summed E-state index contributed by atoms with van der Waals surface area (Å²) in [6.07, 6.45) is 6.46. The van der Waals surface area contributed by atoms with E-state index in [1.807, 2.05) is 24.8 Å². The van der Waals surface area contributed by atoms with Crippen LogP contribution < -0.4 is 4.72 Å². The zero-order valence-corrected chi connectivity index (χ0v) is 18.3. The van der Waals surface area contributed by atoms with E-state index in [1.165, 1.54) is 0 Å². The van der Waals surface area contributed by atoms with Crippen molar-refractivity contribution < 1.29 is 13.2 Å². The van der Waals surface area contributed by atoms with Crippen LogP contribution in [0.2, 0.25) is 0 Å². The van der Waals surface area contributed by atoms with E-state index in [0.717, 1.165) is 31.2 Å². The number of anilines is 1. The Kier molecular flexibility index (Phi) is 5.62. The average molecular weight is 431 g/mol. The van der Waals surface area contributed by atoms with Crippen molar-refractivity contribution in [2.45, 2.75) is 54.8 Å². The molecule has 7 heteroatoms. The van der Waals surface area contributed by atoms with E-state index in [0.29, 0.717) is 28.6 Å². The zero-order chi connectivity index (χ0) is 20.6. The number of carbonyl (C=O) groups excluding carboxylic acids is 1. The molecule has 29 heavy (non-hydrogen) atoms. The van der Waals surface area contributed by atoms with E-state index in [2.05, 4.69) is 15.9 Å². The lowest BCUT2D eigenvalue weighted by atomic mass is 10.0. The summed E-state index contributed by atoms with van der Waals surface area (Å²) in [5, 5.41) is 0.648. The van der Waals surface area contributed by atoms with Crippen molar-refractivity contribution in [2.75, 3.05) is 11.0 Å². The van der Waals surface area contributed by atoms with Gasteiger partial charge in [0, 0.05) is 28.6 Å². The fraction of sp³-hybridized carbons (Fsp3) is 0.409. The minimum absolute atomic E-state index is 0.0603. The quantitative estimate of drug-likeness (QED) is 0.768. The number of hydrogen-bond acceptors (Lipinski definition) is 4. The van der Waals surface area contributed by atoms with Crippen molar-refractivity contribution >= 4 is 33.4 Å². The molecule has 0 radical (unpaired) electrons. The van der Waals surface area contributed by atoms with Gasteiger partial charge in [-0.25, -0.2) is 8.42 Å². The van der Waals surface area contributed by atoms with Crippen molar-refractivity contribution in [3.63, 3.8) is 0 Å². The van der Waals surface area contributed by atoms with Crippen LogP contribution in [0.3, 0.4) is 0 Å². The molecule has 5 nitrogen and oxygen atoms in total. The maximum Gasteiger partial charge on any atom is 0.261 e. The Balaban J connectivity index is 1.48. The van der Waals surface area contributed by atoms with Crippen LogP contribution in [0, 0.1) is 6.92 Å². The molecule has 2 aliphatic rings. The Hall–Kier alpha value is -1.99. The minimum atomic E-state index is -3.65. The van der Waals surface area contributed by atoms with E-state index >= 15 is 0 Å². The normalized spacial score (nSPS) is 23.8. The third-order valence-corrected chi connectivity index (χ3v) is 8.37. The van der Waals surface area contributed by atoms with Gasteiger partial charge in [-0.3, -0.25) is 9.52 Å². The summed E-state index contributed by atoms with van der Waals surface area (Å²) < 4.78 is 27.8. The number of amides is 1. The smallest absolute Gasteiger partial charge is 0.261 e. The zero-order valence-electron chi connectivity index (χ0n) is 16.7. The molecule has 1 amide bonds. The highest BCUT2D eigenvalue weighted by molar-refractivity contribution is 7.99. The van der Waals surface area contributed by atoms with Gasteiger partial charge in [0.25, 0.3) is 15.9 Å². The van der Waals surface area contributed by atoms with E-state index in [4.69, 9.17) is 0 Å². The maximum absolute atomic E-state index is 13.1. The van der Waals surface area contributed by atoms with Crippen LogP contribution in [0.4, 0.5) is 5.69 Å². The number of thioether (sulfide) groups is 1. The molecule has 2 bridgehead atoms. The molecule has 2 atom stereocenters. The van der Waals surface area contributed by atoms with Gasteiger partial charge in [0.15, 0.2) is 0 Å². The summed E-state index contributed by atoms with van der Waals surface area (Å²) in [5.41, 5.74) is 1.95. The Morgan fingerprint density at radius 1 is 1.07 bits per heavy atom. The minimum Gasteiger partial charge on any atom is -0.333 e. The molecule has 0 spiro atoms. The van der Waals surface area contributed by atoms with Crippen LogP contribution in [0.25, 0.3) is 0 Å². The summed E-state index contributed by atoms with van der Waals surface area (Å²) in [5.74, 6) is 0.0603. The molecule has 0 aliphatic carbocycles. The number of hydrogen-bond donors (Lipinski definition) is 1. The van der Waals surface area contributed by atoms with Gasteiger partial charge in [-0.15, -0.1) is 0 Å². The highest BCUT2D eigenvalue weighted by Crippen LogP contribution is 2.40. The molecule has 1 N–H and O–H groups in total. The number of nitrogens with zero attached hydrogens (tertiary/aromatic N) is 1. The van der Waals surface area contributed by atoms with Crippen molar-refractivity contribution in [3.8, 4) is 0 Å². The topological polar surface area (TPSA) is 66.5 Å². The Labute approximate surface area is 176 Å². The Morgan fingerprint density at radius 2 is 1.72 bits per heavy atom. The number of fused-ring (bicyclic) bond motifs is 2. The number of rotatable bonds is 5. The van der Waals surface area contributed by atoms with Crippen LogP contribution in [-0.2, 0) is 10.0 Å². The number of piperidine rings is 1. The highest BCUT2D eigenvalue weighted by atomic mass is 32.2. The number of sulfonamides is 1. The second kappa shape index (κ2) is 8.03. The van der Waals surface area contributed by atoms with Gasteiger partial charge in [0.05, 0.1) is 4.90 Å². The first-order chi connectivity index (χ1) is 13.9. The molecular weight excluding hydrogens is 404 g/mol. The molecular formula is C22H26N2O3S2. The van der Waals surface area contributed by atoms with Gasteiger partial charge >= 0.3 is 0 Å². The third-order valence-electron chi connectivity index (χ3n) is 5.94. The lowest BCUT2D eigenvalue weighted by Gasteiger charge is -2.38. The molecule has 0 aromatic heterocycles. The fourth-order valence-electron chi connectivity index (χ4n) is 4.48. The SMILES string of the molecule is CSC1CC2CCC(C1)N2C(=O)c1ccc(NS(=O)(=O)c2cccc(C)c2)cc1. The molecule has 2 heterocycles. The van der Waals surface area contributed by atoms with Gasteiger partial charge in [0.2, 0.25) is 0 Å². The molecule has 2 saturated heterocycles. The van der Waals surface area contributed by atoms with E-state index in [9.17, 15) is 13.2 Å². The van der Waals surface area contributed by atoms with Crippen LogP contribution in [0.5, 0.6) is 0 Å². The van der Waals surface area contributed by atoms with E-state index < -0.39 is 10.0 Å². The number of aryl methyl sites for hydroxylation is 1. The predicted molar refractivity (Wildman–Crippen MR) is 118 cm³/mol. The molecule has 2 fully saturated rings. The summed E-state index contributed by atoms with van der Waals surface area (Å²) in [6.45, 7) is 1.86. The largest absolute Gasteiger partial charge is 0.333 e. The first kappa shape index (κ1) is 20.3. The molecule has 0 saturated carbocycles. The van der Waals surface area contributed by atoms with Gasteiger partial charge in [-0.2, -0.15) is 11.8 Å². The molecule has 2 aliphatic heterocycles. The number of benzene rings is 2. The van der Waals surface area contributed by atoms with Crippen LogP contribution in [0.15, 0.2) is 53.4 Å². The van der Waals surface area contributed by atoms with Crippen molar-refractivity contribution in [3.05, 3.63) is 59.7 Å². The lowest BCUT2D eigenvalue weighted by Crippen LogP contribution is -2.47. The summed E-state index contributed by atoms with van der Waals surface area (Å²) in [7, 11) is -3.65. The monoisotopic (exact) mass is 430 g/mol. The number of nitrogens with one attached hydrogen (secondary N) is 1. The second-order valence-electron chi connectivity index (χ2n) is 7.93. The molecule has 2 aromatic rings. The third kappa shape index (κ3) is 4.16. The Morgan fingerprint density at radius 3 is 2.31 bits per heavy atom. The summed E-state index contributed by atoms with van der Waals surface area (Å²) in [6, 6.07) is 14.2. The first-order valence-corrected chi connectivity index (χ1v) is 12.7. The van der Waals surface area contributed by atoms with Crippen LogP contribution >= 0.6 is 11.8 Å². The highest BCUT2D eigenvalue weighted by Gasteiger charge is 2.43. The predicted octanol–water partition coefficient (Wildman–Crippen LogP) is 4.29. The molecule has 154 valence electrons. The lowest BCUT2D eigenvalue weighted by molar-refractivity contribution is 0.0601. The van der Waals surface area contributed by atoms with Crippen LogP contribution in [-0.4, -0.2) is 42.8 Å². The number of carbonyl (C=O) groups is 1. The van der Waals surface area contributed by atoms with Gasteiger partial charge in [-0.1, -0.05) is 12.1 Å². The van der Waals surface area contributed by atoms with Crippen LogP contribution in [0.1, 0.15) is 41.6 Å². The van der Waals surface area contributed by atoms with Crippen molar-refractivity contribution in [2.24, 2.45) is 0 Å². The molecule has 2 aromatic carbocycles. The van der Waals surface area contributed by atoms with Crippen molar-refractivity contribution in [1.29, 1.82) is 0 Å². The van der Waals surface area contributed by atoms with E-state index in [1.54, 1.807) is 42.5 Å². The Bertz CT molecular complexity index is 991.